The lowest BCUT2D eigenvalue weighted by molar-refractivity contribution is 0.415. The maximum absolute atomic E-state index is 6.02. The van der Waals surface area contributed by atoms with Crippen molar-refractivity contribution in [3.8, 4) is 5.75 Å². The summed E-state index contributed by atoms with van der Waals surface area (Å²) >= 11 is 6.02. The monoisotopic (exact) mass is 254 g/mol. The number of hydrogen-bond acceptors (Lipinski definition) is 3. The van der Waals surface area contributed by atoms with Crippen LogP contribution >= 0.6 is 11.6 Å². The lowest BCUT2D eigenvalue weighted by Crippen LogP contribution is -2.35. The first-order valence-electron chi connectivity index (χ1n) is 5.99. The van der Waals surface area contributed by atoms with Gasteiger partial charge in [-0.05, 0) is 31.5 Å². The Morgan fingerprint density at radius 1 is 1.53 bits per heavy atom. The fourth-order valence-electron chi connectivity index (χ4n) is 2.23. The van der Waals surface area contributed by atoms with Gasteiger partial charge in [0.2, 0.25) is 0 Å². The highest BCUT2D eigenvalue weighted by Gasteiger charge is 2.16. The molecule has 3 nitrogen and oxygen atoms in total. The summed E-state index contributed by atoms with van der Waals surface area (Å²) in [6, 6.07) is 6.49. The molecule has 1 N–H and O–H groups in total. The van der Waals surface area contributed by atoms with Crippen LogP contribution in [0.15, 0.2) is 18.2 Å². The number of hydrogen-bond donors (Lipinski definition) is 1. The molecule has 0 aromatic heterocycles. The van der Waals surface area contributed by atoms with E-state index in [-0.39, 0.29) is 0 Å². The number of ether oxygens (including phenoxy) is 1. The minimum Gasteiger partial charge on any atom is -0.495 e. The van der Waals surface area contributed by atoms with Gasteiger partial charge < -0.3 is 15.0 Å². The molecule has 0 bridgehead atoms. The smallest absolute Gasteiger partial charge is 0.139 e. The van der Waals surface area contributed by atoms with E-state index < -0.39 is 0 Å². The SMILES string of the molecule is COc1cc(N(C)CC2CCCN2)ccc1Cl. The van der Waals surface area contributed by atoms with E-state index >= 15 is 0 Å². The normalized spacial score (nSPS) is 19.4. The molecule has 0 saturated carbocycles. The van der Waals surface area contributed by atoms with Crippen LogP contribution < -0.4 is 15.0 Å². The van der Waals surface area contributed by atoms with Gasteiger partial charge in [-0.2, -0.15) is 0 Å². The molecule has 1 unspecified atom stereocenters. The van der Waals surface area contributed by atoms with Crippen molar-refractivity contribution in [2.45, 2.75) is 18.9 Å². The predicted octanol–water partition coefficient (Wildman–Crippen LogP) is 2.54. The molecule has 0 amide bonds. The van der Waals surface area contributed by atoms with Crippen LogP contribution in [0.4, 0.5) is 5.69 Å². The number of benzene rings is 1. The first-order valence-corrected chi connectivity index (χ1v) is 6.36. The second-order valence-electron chi connectivity index (χ2n) is 4.49. The molecule has 4 heteroatoms. The van der Waals surface area contributed by atoms with Crippen LogP contribution in [0.1, 0.15) is 12.8 Å². The number of anilines is 1. The second kappa shape index (κ2) is 5.61. The van der Waals surface area contributed by atoms with Gasteiger partial charge >= 0.3 is 0 Å². The summed E-state index contributed by atoms with van der Waals surface area (Å²) in [7, 11) is 3.74. The van der Waals surface area contributed by atoms with E-state index in [4.69, 9.17) is 16.3 Å². The molecule has 94 valence electrons. The molecule has 0 radical (unpaired) electrons. The fraction of sp³-hybridized carbons (Fsp3) is 0.538. The van der Waals surface area contributed by atoms with Crippen LogP contribution in [-0.4, -0.2) is 33.3 Å². The molecule has 1 aliphatic rings. The van der Waals surface area contributed by atoms with E-state index in [2.05, 4.69) is 17.3 Å². The maximum Gasteiger partial charge on any atom is 0.139 e. The van der Waals surface area contributed by atoms with Crippen molar-refractivity contribution in [2.24, 2.45) is 0 Å². The van der Waals surface area contributed by atoms with E-state index in [1.165, 1.54) is 12.8 Å². The largest absolute Gasteiger partial charge is 0.495 e. The van der Waals surface area contributed by atoms with Gasteiger partial charge in [0.05, 0.1) is 12.1 Å². The summed E-state index contributed by atoms with van der Waals surface area (Å²) in [5.41, 5.74) is 1.14. The minimum atomic E-state index is 0.599. The first kappa shape index (κ1) is 12.5. The summed E-state index contributed by atoms with van der Waals surface area (Å²) in [5, 5.41) is 4.15. The van der Waals surface area contributed by atoms with Gasteiger partial charge in [0.25, 0.3) is 0 Å². The van der Waals surface area contributed by atoms with Gasteiger partial charge in [0, 0.05) is 31.4 Å². The van der Waals surface area contributed by atoms with Crippen LogP contribution in [-0.2, 0) is 0 Å². The highest BCUT2D eigenvalue weighted by atomic mass is 35.5. The van der Waals surface area contributed by atoms with Gasteiger partial charge in [0.1, 0.15) is 5.75 Å². The molecule has 1 saturated heterocycles. The van der Waals surface area contributed by atoms with Crippen LogP contribution in [0.3, 0.4) is 0 Å². The zero-order valence-electron chi connectivity index (χ0n) is 10.4. The number of rotatable bonds is 4. The summed E-state index contributed by atoms with van der Waals surface area (Å²) in [4.78, 5) is 2.24. The van der Waals surface area contributed by atoms with Crippen LogP contribution in [0.2, 0.25) is 5.02 Å². The average molecular weight is 255 g/mol. The Morgan fingerprint density at radius 3 is 3.00 bits per heavy atom. The molecular formula is C13H19ClN2O. The molecule has 1 aromatic rings. The Balaban J connectivity index is 2.04. The Kier molecular flexibility index (Phi) is 4.13. The van der Waals surface area contributed by atoms with Crippen molar-refractivity contribution in [1.29, 1.82) is 0 Å². The molecule has 1 aliphatic heterocycles. The van der Waals surface area contributed by atoms with Crippen LogP contribution in [0, 0.1) is 0 Å². The lowest BCUT2D eigenvalue weighted by atomic mass is 10.2. The highest BCUT2D eigenvalue weighted by Crippen LogP contribution is 2.29. The van der Waals surface area contributed by atoms with Crippen molar-refractivity contribution < 1.29 is 4.74 Å². The Labute approximate surface area is 108 Å². The third-order valence-electron chi connectivity index (χ3n) is 3.23. The van der Waals surface area contributed by atoms with Crippen molar-refractivity contribution in [1.82, 2.24) is 5.32 Å². The van der Waals surface area contributed by atoms with E-state index in [1.54, 1.807) is 7.11 Å². The highest BCUT2D eigenvalue weighted by molar-refractivity contribution is 6.32. The standard InChI is InChI=1S/C13H19ClN2O/c1-16(9-10-4-3-7-15-10)11-5-6-12(14)13(8-11)17-2/h5-6,8,10,15H,3-4,7,9H2,1-2H3. The van der Waals surface area contributed by atoms with E-state index in [9.17, 15) is 0 Å². The third-order valence-corrected chi connectivity index (χ3v) is 3.54. The molecule has 1 fully saturated rings. The van der Waals surface area contributed by atoms with Crippen molar-refractivity contribution in [3.05, 3.63) is 23.2 Å². The van der Waals surface area contributed by atoms with Gasteiger partial charge in [-0.15, -0.1) is 0 Å². The predicted molar refractivity (Wildman–Crippen MR) is 72.3 cm³/mol. The maximum atomic E-state index is 6.02. The molecule has 1 heterocycles. The number of likely N-dealkylation sites (N-methyl/N-ethyl adjacent to an activating group) is 1. The van der Waals surface area contributed by atoms with E-state index in [0.717, 1.165) is 24.5 Å². The topological polar surface area (TPSA) is 24.5 Å². The Morgan fingerprint density at radius 2 is 2.35 bits per heavy atom. The van der Waals surface area contributed by atoms with Crippen molar-refractivity contribution >= 4 is 17.3 Å². The molecule has 2 rings (SSSR count). The average Bonchev–Trinajstić information content (AvgIpc) is 2.82. The van der Waals surface area contributed by atoms with Crippen LogP contribution in [0.25, 0.3) is 0 Å². The van der Waals surface area contributed by atoms with Gasteiger partial charge in [0.15, 0.2) is 0 Å². The number of nitrogens with one attached hydrogen (secondary N) is 1. The van der Waals surface area contributed by atoms with Gasteiger partial charge in [-0.25, -0.2) is 0 Å². The molecule has 0 aliphatic carbocycles. The zero-order valence-corrected chi connectivity index (χ0v) is 11.1. The van der Waals surface area contributed by atoms with E-state index in [0.29, 0.717) is 11.1 Å². The van der Waals surface area contributed by atoms with Crippen LogP contribution in [0.5, 0.6) is 5.75 Å². The van der Waals surface area contributed by atoms with Crippen molar-refractivity contribution in [3.63, 3.8) is 0 Å². The Bertz CT molecular complexity index is 378. The number of nitrogens with zero attached hydrogens (tertiary/aromatic N) is 1. The van der Waals surface area contributed by atoms with E-state index in [1.807, 2.05) is 18.2 Å². The summed E-state index contributed by atoms with van der Waals surface area (Å²) in [6.07, 6.45) is 2.54. The quantitative estimate of drug-likeness (QED) is 0.894. The minimum absolute atomic E-state index is 0.599. The first-order chi connectivity index (χ1) is 8.20. The summed E-state index contributed by atoms with van der Waals surface area (Å²) in [5.74, 6) is 0.732. The zero-order chi connectivity index (χ0) is 12.3. The number of methoxy groups -OCH3 is 1. The molecular weight excluding hydrogens is 236 g/mol. The van der Waals surface area contributed by atoms with Gasteiger partial charge in [-0.1, -0.05) is 11.6 Å². The molecule has 0 spiro atoms. The molecule has 17 heavy (non-hydrogen) atoms. The summed E-state index contributed by atoms with van der Waals surface area (Å²) < 4.78 is 5.23. The second-order valence-corrected chi connectivity index (χ2v) is 4.90. The number of halogens is 1. The molecule has 1 atom stereocenters. The fourth-order valence-corrected chi connectivity index (χ4v) is 2.43. The molecule has 1 aromatic carbocycles. The van der Waals surface area contributed by atoms with Crippen molar-refractivity contribution in [2.75, 3.05) is 32.1 Å². The lowest BCUT2D eigenvalue weighted by Gasteiger charge is -2.23. The third kappa shape index (κ3) is 3.05. The summed E-state index contributed by atoms with van der Waals surface area (Å²) in [6.45, 7) is 2.16. The van der Waals surface area contributed by atoms with Gasteiger partial charge in [-0.3, -0.25) is 0 Å². The Hall–Kier alpha value is -0.930.